The molecule has 0 aliphatic rings. The Labute approximate surface area is 128 Å². The van der Waals surface area contributed by atoms with Gasteiger partial charge in [-0.3, -0.25) is 0 Å². The summed E-state index contributed by atoms with van der Waals surface area (Å²) in [6, 6.07) is 1.14. The highest BCUT2D eigenvalue weighted by molar-refractivity contribution is 7.91. The number of hydrogen-bond acceptors (Lipinski definition) is 8. The molecule has 0 fully saturated rings. The lowest BCUT2D eigenvalue weighted by Crippen LogP contribution is -2.18. The van der Waals surface area contributed by atoms with Gasteiger partial charge >= 0.3 is 12.1 Å². The van der Waals surface area contributed by atoms with Gasteiger partial charge in [-0.25, -0.2) is 8.42 Å². The van der Waals surface area contributed by atoms with Gasteiger partial charge in [-0.1, -0.05) is 5.16 Å². The van der Waals surface area contributed by atoms with Crippen LogP contribution < -0.4 is 5.73 Å². The van der Waals surface area contributed by atoms with Crippen molar-refractivity contribution in [2.45, 2.75) is 31.0 Å². The van der Waals surface area contributed by atoms with Gasteiger partial charge in [-0.2, -0.15) is 23.3 Å². The molecule has 0 radical (unpaired) electrons. The zero-order valence-corrected chi connectivity index (χ0v) is 12.8. The Morgan fingerprint density at radius 1 is 1.30 bits per heavy atom. The van der Waals surface area contributed by atoms with E-state index in [4.69, 9.17) is 5.73 Å². The number of halogens is 3. The van der Waals surface area contributed by atoms with Crippen LogP contribution in [0.1, 0.15) is 25.4 Å². The van der Waals surface area contributed by atoms with Gasteiger partial charge in [-0.15, -0.1) is 5.10 Å². The van der Waals surface area contributed by atoms with Crippen molar-refractivity contribution in [3.8, 4) is 11.5 Å². The number of rotatable bonds is 4. The number of aromatic nitrogens is 4. The molecule has 2 heterocycles. The van der Waals surface area contributed by atoms with Crippen LogP contribution in [0, 0.1) is 0 Å². The molecule has 0 aliphatic heterocycles. The summed E-state index contributed by atoms with van der Waals surface area (Å²) in [6.45, 7) is 3.01. The number of nitrogens with two attached hydrogens (primary N) is 1. The fourth-order valence-electron chi connectivity index (χ4n) is 1.45. The maximum absolute atomic E-state index is 12.4. The molecule has 0 saturated carbocycles. The van der Waals surface area contributed by atoms with E-state index in [9.17, 15) is 21.6 Å². The van der Waals surface area contributed by atoms with Crippen LogP contribution in [0.3, 0.4) is 0 Å². The summed E-state index contributed by atoms with van der Waals surface area (Å²) < 4.78 is 64.9. The quantitative estimate of drug-likeness (QED) is 0.877. The molecule has 23 heavy (non-hydrogen) atoms. The SMILES string of the molecule is CC(C)S(=O)(=O)Cc1nnc(-c2noc(C(F)(F)F)n2)cc1N. The highest BCUT2D eigenvalue weighted by Gasteiger charge is 2.38. The Kier molecular flexibility index (Phi) is 4.28. The molecular formula is C11H12F3N5O3S. The summed E-state index contributed by atoms with van der Waals surface area (Å²) in [5, 5.41) is 9.75. The zero-order valence-electron chi connectivity index (χ0n) is 12.0. The van der Waals surface area contributed by atoms with Gasteiger partial charge in [0, 0.05) is 0 Å². The molecule has 12 heteroatoms. The largest absolute Gasteiger partial charge is 0.471 e. The van der Waals surface area contributed by atoms with Crippen molar-refractivity contribution in [2.75, 3.05) is 5.73 Å². The first-order valence-electron chi connectivity index (χ1n) is 6.25. The van der Waals surface area contributed by atoms with Crippen molar-refractivity contribution >= 4 is 15.5 Å². The van der Waals surface area contributed by atoms with E-state index >= 15 is 0 Å². The maximum atomic E-state index is 12.4. The average molecular weight is 351 g/mol. The standard InChI is InChI=1S/C11H12F3N5O3S/c1-5(2)23(20,21)4-8-6(15)3-7(17-18-8)9-16-10(22-19-9)11(12,13)14/h3,5H,4H2,1-2H3,(H2,15,17). The molecule has 0 bridgehead atoms. The first kappa shape index (κ1) is 17.1. The normalized spacial score (nSPS) is 12.8. The van der Waals surface area contributed by atoms with Crippen LogP contribution in [0.15, 0.2) is 10.6 Å². The Morgan fingerprint density at radius 3 is 2.43 bits per heavy atom. The number of nitrogen functional groups attached to an aromatic ring is 1. The van der Waals surface area contributed by atoms with Gasteiger partial charge in [-0.05, 0) is 19.9 Å². The predicted molar refractivity (Wildman–Crippen MR) is 72.5 cm³/mol. The monoisotopic (exact) mass is 351 g/mol. The first-order chi connectivity index (χ1) is 10.5. The van der Waals surface area contributed by atoms with Crippen molar-refractivity contribution in [2.24, 2.45) is 0 Å². The van der Waals surface area contributed by atoms with E-state index in [1.54, 1.807) is 0 Å². The van der Waals surface area contributed by atoms with Crippen molar-refractivity contribution in [3.05, 3.63) is 17.7 Å². The first-order valence-corrected chi connectivity index (χ1v) is 7.97. The third-order valence-corrected chi connectivity index (χ3v) is 4.97. The fourth-order valence-corrected chi connectivity index (χ4v) is 2.39. The van der Waals surface area contributed by atoms with Gasteiger partial charge in [0.05, 0.1) is 16.7 Å². The molecule has 126 valence electrons. The molecule has 0 spiro atoms. The molecule has 2 aromatic heterocycles. The fraction of sp³-hybridized carbons (Fsp3) is 0.455. The highest BCUT2D eigenvalue weighted by Crippen LogP contribution is 2.29. The Hall–Kier alpha value is -2.24. The van der Waals surface area contributed by atoms with Gasteiger partial charge in [0.15, 0.2) is 9.84 Å². The smallest absolute Gasteiger partial charge is 0.397 e. The Balaban J connectivity index is 2.31. The summed E-state index contributed by atoms with van der Waals surface area (Å²) in [7, 11) is -3.45. The molecule has 0 aromatic carbocycles. The van der Waals surface area contributed by atoms with E-state index in [0.29, 0.717) is 0 Å². The molecule has 0 unspecified atom stereocenters. The average Bonchev–Trinajstić information content (AvgIpc) is 2.90. The third-order valence-electron chi connectivity index (χ3n) is 2.86. The lowest BCUT2D eigenvalue weighted by molar-refractivity contribution is -0.159. The van der Waals surface area contributed by atoms with E-state index in [2.05, 4.69) is 24.9 Å². The molecule has 0 atom stereocenters. The van der Waals surface area contributed by atoms with E-state index < -0.39 is 38.7 Å². The summed E-state index contributed by atoms with van der Waals surface area (Å²) in [6.07, 6.45) is -4.78. The molecule has 0 saturated heterocycles. The highest BCUT2D eigenvalue weighted by atomic mass is 32.2. The van der Waals surface area contributed by atoms with Gasteiger partial charge in [0.25, 0.3) is 0 Å². The van der Waals surface area contributed by atoms with E-state index in [1.165, 1.54) is 13.8 Å². The van der Waals surface area contributed by atoms with Crippen molar-refractivity contribution in [3.63, 3.8) is 0 Å². The number of nitrogens with zero attached hydrogens (tertiary/aromatic N) is 4. The summed E-state index contributed by atoms with van der Waals surface area (Å²) in [5.41, 5.74) is 5.48. The van der Waals surface area contributed by atoms with Crippen LogP contribution in [0.5, 0.6) is 0 Å². The van der Waals surface area contributed by atoms with Gasteiger partial charge in [0.1, 0.15) is 11.4 Å². The summed E-state index contributed by atoms with van der Waals surface area (Å²) >= 11 is 0. The lowest BCUT2D eigenvalue weighted by Gasteiger charge is -2.08. The van der Waals surface area contributed by atoms with Crippen LogP contribution in [-0.4, -0.2) is 34.0 Å². The summed E-state index contributed by atoms with van der Waals surface area (Å²) in [4.78, 5) is 3.15. The van der Waals surface area contributed by atoms with Crippen molar-refractivity contribution in [1.29, 1.82) is 0 Å². The molecule has 0 amide bonds. The van der Waals surface area contributed by atoms with E-state index in [1.807, 2.05) is 0 Å². The van der Waals surface area contributed by atoms with Crippen LogP contribution in [0.25, 0.3) is 11.5 Å². The van der Waals surface area contributed by atoms with Crippen LogP contribution in [0.2, 0.25) is 0 Å². The van der Waals surface area contributed by atoms with E-state index in [0.717, 1.165) is 6.07 Å². The Morgan fingerprint density at radius 2 is 1.96 bits per heavy atom. The van der Waals surface area contributed by atoms with Crippen LogP contribution >= 0.6 is 0 Å². The Bertz CT molecular complexity index is 817. The van der Waals surface area contributed by atoms with Crippen molar-refractivity contribution < 1.29 is 26.1 Å². The second-order valence-corrected chi connectivity index (χ2v) is 7.47. The zero-order chi connectivity index (χ0) is 17.4. The number of anilines is 1. The minimum absolute atomic E-state index is 0.00184. The third kappa shape index (κ3) is 3.75. The molecular weight excluding hydrogens is 339 g/mol. The van der Waals surface area contributed by atoms with E-state index in [-0.39, 0.29) is 17.1 Å². The molecule has 2 N–H and O–H groups in total. The number of hydrogen-bond donors (Lipinski definition) is 1. The second kappa shape index (κ2) is 5.76. The van der Waals surface area contributed by atoms with Crippen molar-refractivity contribution in [1.82, 2.24) is 20.3 Å². The summed E-state index contributed by atoms with van der Waals surface area (Å²) in [5.74, 6) is -2.40. The van der Waals surface area contributed by atoms with Crippen LogP contribution in [-0.2, 0) is 21.8 Å². The molecule has 0 aliphatic carbocycles. The molecule has 2 aromatic rings. The maximum Gasteiger partial charge on any atom is 0.471 e. The topological polar surface area (TPSA) is 125 Å². The minimum atomic E-state index is -4.78. The van der Waals surface area contributed by atoms with Gasteiger partial charge < -0.3 is 10.3 Å². The predicted octanol–water partition coefficient (Wildman–Crippen LogP) is 1.45. The molecule has 2 rings (SSSR count). The second-order valence-electron chi connectivity index (χ2n) is 4.91. The lowest BCUT2D eigenvalue weighted by atomic mass is 10.3. The minimum Gasteiger partial charge on any atom is -0.397 e. The van der Waals surface area contributed by atoms with Gasteiger partial charge in [0.2, 0.25) is 5.82 Å². The number of sulfone groups is 1. The molecule has 8 nitrogen and oxygen atoms in total. The number of alkyl halides is 3. The van der Waals surface area contributed by atoms with Crippen LogP contribution in [0.4, 0.5) is 18.9 Å².